The topological polar surface area (TPSA) is 93.2 Å². The minimum Gasteiger partial charge on any atom is -0.384 e. The number of para-hydroxylation sites is 1. The van der Waals surface area contributed by atoms with E-state index < -0.39 is 6.10 Å². The smallest absolute Gasteiger partial charge is 0.333 e. The summed E-state index contributed by atoms with van der Waals surface area (Å²) in [5, 5.41) is 11.6. The van der Waals surface area contributed by atoms with Gasteiger partial charge in [0.25, 0.3) is 5.91 Å². The number of pyridine rings is 2. The lowest BCUT2D eigenvalue weighted by Crippen LogP contribution is -2.40. The van der Waals surface area contributed by atoms with E-state index >= 15 is 0 Å². The Balaban J connectivity index is 1.30. The SMILES string of the molecule is CC(O)C(=O)N1CC=C(c2ccc(-n3c(=O)n(C)c4cnc5ccc(-c6cnc7ccccc7c6)cc5c43)cc2)CC1. The fourth-order valence-corrected chi connectivity index (χ4v) is 5.87. The van der Waals surface area contributed by atoms with E-state index in [1.54, 1.807) is 27.3 Å². The van der Waals surface area contributed by atoms with Crippen LogP contribution in [0.15, 0.2) is 96.1 Å². The minimum atomic E-state index is -0.996. The molecule has 0 aliphatic carbocycles. The lowest BCUT2D eigenvalue weighted by molar-refractivity contribution is -0.138. The molecule has 3 aromatic carbocycles. The fourth-order valence-electron chi connectivity index (χ4n) is 5.87. The van der Waals surface area contributed by atoms with Gasteiger partial charge in [-0.3, -0.25) is 23.9 Å². The van der Waals surface area contributed by atoms with Crippen LogP contribution >= 0.6 is 0 Å². The first kappa shape index (κ1) is 25.9. The number of aryl methyl sites for hydroxylation is 1. The Morgan fingerprint density at radius 1 is 0.905 bits per heavy atom. The van der Waals surface area contributed by atoms with E-state index in [4.69, 9.17) is 0 Å². The van der Waals surface area contributed by atoms with Crippen LogP contribution in [0.3, 0.4) is 0 Å². The predicted molar refractivity (Wildman–Crippen MR) is 165 cm³/mol. The molecule has 0 radical (unpaired) electrons. The van der Waals surface area contributed by atoms with Crippen LogP contribution in [0.25, 0.3) is 55.2 Å². The zero-order valence-electron chi connectivity index (χ0n) is 23.4. The Hall–Kier alpha value is -5.08. The Morgan fingerprint density at radius 2 is 1.67 bits per heavy atom. The molecule has 1 aliphatic rings. The standard InChI is InChI=1S/C34H29N5O3/c1-21(40)33(41)38-15-13-23(14-16-38)22-7-10-27(11-8-22)39-32-28-18-24(26-17-25-5-3-4-6-29(25)35-19-26)9-12-30(28)36-20-31(32)37(2)34(39)42/h3-13,17-21,40H,14-16H2,1-2H3. The highest BCUT2D eigenvalue weighted by Crippen LogP contribution is 2.31. The summed E-state index contributed by atoms with van der Waals surface area (Å²) in [4.78, 5) is 36.7. The van der Waals surface area contributed by atoms with Gasteiger partial charge in [-0.2, -0.15) is 0 Å². The molecule has 0 fully saturated rings. The maximum Gasteiger partial charge on any atom is 0.333 e. The third-order valence-corrected chi connectivity index (χ3v) is 8.18. The maximum absolute atomic E-state index is 13.6. The van der Waals surface area contributed by atoms with Gasteiger partial charge in [0, 0.05) is 42.7 Å². The van der Waals surface area contributed by atoms with Gasteiger partial charge in [0.15, 0.2) is 0 Å². The van der Waals surface area contributed by atoms with Gasteiger partial charge >= 0.3 is 5.69 Å². The molecule has 208 valence electrons. The number of benzene rings is 3. The molecule has 8 heteroatoms. The second-order valence-corrected chi connectivity index (χ2v) is 10.8. The minimum absolute atomic E-state index is 0.144. The number of carbonyl (C=O) groups is 1. The molecule has 1 unspecified atom stereocenters. The number of rotatable bonds is 4. The molecule has 1 N–H and O–H groups in total. The molecule has 7 rings (SSSR count). The molecule has 1 amide bonds. The molecular weight excluding hydrogens is 526 g/mol. The van der Waals surface area contributed by atoms with Crippen molar-refractivity contribution in [3.63, 3.8) is 0 Å². The Labute approximate surface area is 241 Å². The van der Waals surface area contributed by atoms with Crippen molar-refractivity contribution in [3.8, 4) is 16.8 Å². The predicted octanol–water partition coefficient (Wildman–Crippen LogP) is 5.09. The van der Waals surface area contributed by atoms with Crippen LogP contribution < -0.4 is 5.69 Å². The molecule has 1 aliphatic heterocycles. The number of amides is 1. The van der Waals surface area contributed by atoms with Gasteiger partial charge in [0.05, 0.1) is 34.0 Å². The number of hydrogen-bond acceptors (Lipinski definition) is 5. The van der Waals surface area contributed by atoms with Crippen LogP contribution in [0.1, 0.15) is 18.9 Å². The summed E-state index contributed by atoms with van der Waals surface area (Å²) >= 11 is 0. The van der Waals surface area contributed by atoms with Crippen molar-refractivity contribution in [2.75, 3.05) is 13.1 Å². The first-order valence-electron chi connectivity index (χ1n) is 14.0. The monoisotopic (exact) mass is 555 g/mol. The van der Waals surface area contributed by atoms with Crippen LogP contribution in [0, 0.1) is 0 Å². The summed E-state index contributed by atoms with van der Waals surface area (Å²) in [5.41, 5.74) is 8.12. The lowest BCUT2D eigenvalue weighted by Gasteiger charge is -2.27. The van der Waals surface area contributed by atoms with E-state index in [2.05, 4.69) is 28.2 Å². The number of imidazole rings is 1. The zero-order chi connectivity index (χ0) is 29.0. The normalized spacial score (nSPS) is 14.5. The number of aliphatic hydroxyl groups is 1. The van der Waals surface area contributed by atoms with Gasteiger partial charge in [0.1, 0.15) is 6.10 Å². The molecule has 1 atom stereocenters. The molecule has 6 aromatic rings. The van der Waals surface area contributed by atoms with Crippen LogP contribution in [0.4, 0.5) is 0 Å². The van der Waals surface area contributed by atoms with Crippen molar-refractivity contribution >= 4 is 44.3 Å². The van der Waals surface area contributed by atoms with Crippen molar-refractivity contribution in [3.05, 3.63) is 107 Å². The summed E-state index contributed by atoms with van der Waals surface area (Å²) in [6.07, 6.45) is 5.38. The Morgan fingerprint density at radius 3 is 2.43 bits per heavy atom. The van der Waals surface area contributed by atoms with E-state index in [-0.39, 0.29) is 11.6 Å². The van der Waals surface area contributed by atoms with Gasteiger partial charge in [-0.25, -0.2) is 4.79 Å². The summed E-state index contributed by atoms with van der Waals surface area (Å²) in [5.74, 6) is -0.252. The fraction of sp³-hybridized carbons (Fsp3) is 0.176. The quantitative estimate of drug-likeness (QED) is 0.327. The lowest BCUT2D eigenvalue weighted by atomic mass is 9.99. The first-order chi connectivity index (χ1) is 20.4. The highest BCUT2D eigenvalue weighted by molar-refractivity contribution is 6.05. The molecule has 0 bridgehead atoms. The van der Waals surface area contributed by atoms with E-state index in [0.29, 0.717) is 19.5 Å². The number of hydrogen-bond donors (Lipinski definition) is 1. The third kappa shape index (κ3) is 4.28. The average Bonchev–Trinajstić information content (AvgIpc) is 3.29. The van der Waals surface area contributed by atoms with Gasteiger partial charge in [-0.05, 0) is 66.4 Å². The second kappa shape index (κ2) is 10.1. The molecule has 0 spiro atoms. The van der Waals surface area contributed by atoms with Gasteiger partial charge in [-0.1, -0.05) is 42.5 Å². The molecule has 42 heavy (non-hydrogen) atoms. The van der Waals surface area contributed by atoms with Gasteiger partial charge in [-0.15, -0.1) is 0 Å². The van der Waals surface area contributed by atoms with E-state index in [9.17, 15) is 14.7 Å². The van der Waals surface area contributed by atoms with Crippen LogP contribution in [-0.2, 0) is 11.8 Å². The van der Waals surface area contributed by atoms with Crippen LogP contribution in [-0.4, -0.2) is 54.2 Å². The summed E-state index contributed by atoms with van der Waals surface area (Å²) in [6, 6.07) is 24.3. The summed E-state index contributed by atoms with van der Waals surface area (Å²) in [7, 11) is 1.77. The van der Waals surface area contributed by atoms with Crippen LogP contribution in [0.5, 0.6) is 0 Å². The van der Waals surface area contributed by atoms with Crippen molar-refractivity contribution in [2.45, 2.75) is 19.4 Å². The Bertz CT molecular complexity index is 2100. The largest absolute Gasteiger partial charge is 0.384 e. The average molecular weight is 556 g/mol. The van der Waals surface area contributed by atoms with Gasteiger partial charge in [0.2, 0.25) is 0 Å². The highest BCUT2D eigenvalue weighted by Gasteiger charge is 2.22. The highest BCUT2D eigenvalue weighted by atomic mass is 16.3. The van der Waals surface area contributed by atoms with Crippen molar-refractivity contribution in [1.29, 1.82) is 0 Å². The van der Waals surface area contributed by atoms with Crippen molar-refractivity contribution in [1.82, 2.24) is 24.0 Å². The van der Waals surface area contributed by atoms with Gasteiger partial charge < -0.3 is 10.0 Å². The molecule has 3 aromatic heterocycles. The maximum atomic E-state index is 13.6. The van der Waals surface area contributed by atoms with E-state index in [1.165, 1.54) is 6.92 Å². The molecular formula is C34H29N5O3. The molecule has 8 nitrogen and oxygen atoms in total. The van der Waals surface area contributed by atoms with Crippen molar-refractivity contribution < 1.29 is 9.90 Å². The number of carbonyl (C=O) groups excluding carboxylic acids is 1. The summed E-state index contributed by atoms with van der Waals surface area (Å²) < 4.78 is 3.39. The first-order valence-corrected chi connectivity index (χ1v) is 14.0. The van der Waals surface area contributed by atoms with Crippen molar-refractivity contribution in [2.24, 2.45) is 7.05 Å². The number of aliphatic hydroxyl groups excluding tert-OH is 1. The van der Waals surface area contributed by atoms with Crippen LogP contribution in [0.2, 0.25) is 0 Å². The third-order valence-electron chi connectivity index (χ3n) is 8.18. The Kier molecular flexibility index (Phi) is 6.21. The number of fused-ring (bicyclic) bond motifs is 4. The molecule has 4 heterocycles. The molecule has 0 saturated carbocycles. The summed E-state index contributed by atoms with van der Waals surface area (Å²) in [6.45, 7) is 2.53. The van der Waals surface area contributed by atoms with E-state index in [1.807, 2.05) is 66.9 Å². The number of aromatic nitrogens is 4. The molecule has 0 saturated heterocycles. The second-order valence-electron chi connectivity index (χ2n) is 10.8. The van der Waals surface area contributed by atoms with E-state index in [0.717, 1.165) is 60.8 Å². The zero-order valence-corrected chi connectivity index (χ0v) is 23.4. The number of nitrogens with zero attached hydrogens (tertiary/aromatic N) is 5.